The van der Waals surface area contributed by atoms with Crippen LogP contribution in [-0.2, 0) is 0 Å². The van der Waals surface area contributed by atoms with E-state index in [-0.39, 0.29) is 5.78 Å². The predicted octanol–water partition coefficient (Wildman–Crippen LogP) is 4.36. The van der Waals surface area contributed by atoms with Gasteiger partial charge in [0.25, 0.3) is 0 Å². The summed E-state index contributed by atoms with van der Waals surface area (Å²) in [4.78, 5) is 12.6. The van der Waals surface area contributed by atoms with E-state index in [0.717, 1.165) is 22.2 Å². The van der Waals surface area contributed by atoms with Gasteiger partial charge in [0, 0.05) is 16.8 Å². The van der Waals surface area contributed by atoms with Gasteiger partial charge in [-0.2, -0.15) is 0 Å². The molecule has 0 aliphatic carbocycles. The molecule has 0 saturated heterocycles. The van der Waals surface area contributed by atoms with Crippen LogP contribution in [0, 0.1) is 6.92 Å². The first kappa shape index (κ1) is 15.6. The lowest BCUT2D eigenvalue weighted by Gasteiger charge is -2.10. The number of hydrogen-bond donors (Lipinski definition) is 1. The van der Waals surface area contributed by atoms with Crippen LogP contribution in [0.3, 0.4) is 0 Å². The Morgan fingerprint density at radius 2 is 2.00 bits per heavy atom. The third-order valence-corrected chi connectivity index (χ3v) is 3.73. The highest BCUT2D eigenvalue weighted by Crippen LogP contribution is 2.28. The minimum absolute atomic E-state index is 0.0843. The molecule has 21 heavy (non-hydrogen) atoms. The van der Waals surface area contributed by atoms with Gasteiger partial charge in [0.05, 0.1) is 11.1 Å². The standard InChI is InChI=1S/C17H18BrNO2/c1-3-8-21-16-7-5-12(10-14(16)18)17(20)13-9-11(2)4-6-15(13)19/h4-7,9-10H,3,8,19H2,1-2H3. The highest BCUT2D eigenvalue weighted by atomic mass is 79.9. The number of ketones is 1. The van der Waals surface area contributed by atoms with Crippen LogP contribution >= 0.6 is 15.9 Å². The van der Waals surface area contributed by atoms with Crippen LogP contribution in [-0.4, -0.2) is 12.4 Å². The lowest BCUT2D eigenvalue weighted by Crippen LogP contribution is -2.06. The van der Waals surface area contributed by atoms with Gasteiger partial charge in [0.1, 0.15) is 5.75 Å². The Morgan fingerprint density at radius 3 is 2.67 bits per heavy atom. The number of benzene rings is 2. The van der Waals surface area contributed by atoms with Crippen LogP contribution in [0.1, 0.15) is 34.8 Å². The number of hydrogen-bond acceptors (Lipinski definition) is 3. The van der Waals surface area contributed by atoms with Crippen molar-refractivity contribution in [3.63, 3.8) is 0 Å². The van der Waals surface area contributed by atoms with E-state index in [9.17, 15) is 4.79 Å². The molecule has 0 bridgehead atoms. The molecule has 2 aromatic carbocycles. The third kappa shape index (κ3) is 3.64. The smallest absolute Gasteiger partial charge is 0.195 e. The number of carbonyl (C=O) groups excluding carboxylic acids is 1. The molecule has 110 valence electrons. The molecule has 0 spiro atoms. The van der Waals surface area contributed by atoms with Crippen LogP contribution in [0.25, 0.3) is 0 Å². The zero-order chi connectivity index (χ0) is 15.4. The molecule has 0 atom stereocenters. The summed E-state index contributed by atoms with van der Waals surface area (Å²) in [5.74, 6) is 0.657. The van der Waals surface area contributed by atoms with E-state index in [1.54, 1.807) is 24.3 Å². The maximum Gasteiger partial charge on any atom is 0.195 e. The van der Waals surface area contributed by atoms with Gasteiger partial charge in [0.15, 0.2) is 5.78 Å². The fourth-order valence-corrected chi connectivity index (χ4v) is 2.49. The fraction of sp³-hybridized carbons (Fsp3) is 0.235. The number of anilines is 1. The maximum absolute atomic E-state index is 12.6. The molecular formula is C17H18BrNO2. The van der Waals surface area contributed by atoms with E-state index in [2.05, 4.69) is 15.9 Å². The van der Waals surface area contributed by atoms with Crippen molar-refractivity contribution in [3.8, 4) is 5.75 Å². The molecule has 0 aliphatic heterocycles. The molecule has 3 nitrogen and oxygen atoms in total. The second-order valence-corrected chi connectivity index (χ2v) is 5.77. The Labute approximate surface area is 133 Å². The van der Waals surface area contributed by atoms with Gasteiger partial charge in [-0.05, 0) is 59.6 Å². The summed E-state index contributed by atoms with van der Waals surface area (Å²) < 4.78 is 6.36. The number of nitrogen functional groups attached to an aromatic ring is 1. The first-order valence-corrected chi connectivity index (χ1v) is 7.65. The minimum atomic E-state index is -0.0843. The van der Waals surface area contributed by atoms with Gasteiger partial charge in [-0.25, -0.2) is 0 Å². The van der Waals surface area contributed by atoms with Gasteiger partial charge < -0.3 is 10.5 Å². The quantitative estimate of drug-likeness (QED) is 0.645. The highest BCUT2D eigenvalue weighted by Gasteiger charge is 2.14. The fourth-order valence-electron chi connectivity index (χ4n) is 1.99. The van der Waals surface area contributed by atoms with Crippen LogP contribution < -0.4 is 10.5 Å². The van der Waals surface area contributed by atoms with Gasteiger partial charge >= 0.3 is 0 Å². The van der Waals surface area contributed by atoms with Crippen molar-refractivity contribution in [1.82, 2.24) is 0 Å². The summed E-state index contributed by atoms with van der Waals surface area (Å²) in [5.41, 5.74) is 8.52. The largest absolute Gasteiger partial charge is 0.492 e. The summed E-state index contributed by atoms with van der Waals surface area (Å²) in [5, 5.41) is 0. The second-order valence-electron chi connectivity index (χ2n) is 4.91. The van der Waals surface area contributed by atoms with Gasteiger partial charge in [-0.1, -0.05) is 18.6 Å². The van der Waals surface area contributed by atoms with Crippen molar-refractivity contribution in [2.75, 3.05) is 12.3 Å². The SMILES string of the molecule is CCCOc1ccc(C(=O)c2cc(C)ccc2N)cc1Br. The first-order valence-electron chi connectivity index (χ1n) is 6.86. The molecular weight excluding hydrogens is 330 g/mol. The van der Waals surface area contributed by atoms with E-state index in [4.69, 9.17) is 10.5 Å². The van der Waals surface area contributed by atoms with E-state index < -0.39 is 0 Å². The number of rotatable bonds is 5. The van der Waals surface area contributed by atoms with Crippen molar-refractivity contribution in [3.05, 3.63) is 57.6 Å². The Morgan fingerprint density at radius 1 is 1.24 bits per heavy atom. The van der Waals surface area contributed by atoms with E-state index >= 15 is 0 Å². The van der Waals surface area contributed by atoms with Gasteiger partial charge in [0.2, 0.25) is 0 Å². The summed E-state index contributed by atoms with van der Waals surface area (Å²) >= 11 is 3.44. The predicted molar refractivity (Wildman–Crippen MR) is 89.0 cm³/mol. The summed E-state index contributed by atoms with van der Waals surface area (Å²) in [6, 6.07) is 10.8. The molecule has 2 aromatic rings. The Bertz CT molecular complexity index is 668. The Hall–Kier alpha value is -1.81. The molecule has 0 aromatic heterocycles. The summed E-state index contributed by atoms with van der Waals surface area (Å²) in [6.45, 7) is 4.64. The molecule has 0 amide bonds. The Kier molecular flexibility index (Phi) is 5.02. The maximum atomic E-state index is 12.6. The third-order valence-electron chi connectivity index (χ3n) is 3.11. The Balaban J connectivity index is 2.31. The van der Waals surface area contributed by atoms with Crippen LogP contribution in [0.2, 0.25) is 0 Å². The lowest BCUT2D eigenvalue weighted by molar-refractivity contribution is 0.103. The lowest BCUT2D eigenvalue weighted by atomic mass is 10.00. The number of aryl methyl sites for hydroxylation is 1. The summed E-state index contributed by atoms with van der Waals surface area (Å²) in [6.07, 6.45) is 0.937. The average molecular weight is 348 g/mol. The molecule has 0 aliphatic rings. The van der Waals surface area contributed by atoms with E-state index in [1.807, 2.05) is 26.0 Å². The van der Waals surface area contributed by atoms with Crippen molar-refractivity contribution in [1.29, 1.82) is 0 Å². The topological polar surface area (TPSA) is 52.3 Å². The number of nitrogens with two attached hydrogens (primary N) is 1. The second kappa shape index (κ2) is 6.76. The zero-order valence-electron chi connectivity index (χ0n) is 12.2. The van der Waals surface area contributed by atoms with Crippen molar-refractivity contribution in [2.45, 2.75) is 20.3 Å². The van der Waals surface area contributed by atoms with Crippen molar-refractivity contribution < 1.29 is 9.53 Å². The molecule has 4 heteroatoms. The highest BCUT2D eigenvalue weighted by molar-refractivity contribution is 9.10. The molecule has 0 radical (unpaired) electrons. The molecule has 0 fully saturated rings. The van der Waals surface area contributed by atoms with Crippen molar-refractivity contribution >= 4 is 27.4 Å². The monoisotopic (exact) mass is 347 g/mol. The minimum Gasteiger partial charge on any atom is -0.492 e. The average Bonchev–Trinajstić information content (AvgIpc) is 2.47. The van der Waals surface area contributed by atoms with Gasteiger partial charge in [-0.15, -0.1) is 0 Å². The first-order chi connectivity index (χ1) is 10.0. The van der Waals surface area contributed by atoms with E-state index in [1.165, 1.54) is 0 Å². The van der Waals surface area contributed by atoms with Gasteiger partial charge in [-0.3, -0.25) is 4.79 Å². The molecule has 0 heterocycles. The molecule has 0 saturated carbocycles. The van der Waals surface area contributed by atoms with Crippen LogP contribution in [0.15, 0.2) is 40.9 Å². The normalized spacial score (nSPS) is 10.4. The molecule has 0 unspecified atom stereocenters. The zero-order valence-corrected chi connectivity index (χ0v) is 13.7. The number of carbonyl (C=O) groups is 1. The van der Waals surface area contributed by atoms with Crippen LogP contribution in [0.5, 0.6) is 5.75 Å². The van der Waals surface area contributed by atoms with E-state index in [0.29, 0.717) is 23.4 Å². The number of ether oxygens (including phenoxy) is 1. The number of halogens is 1. The molecule has 2 rings (SSSR count). The van der Waals surface area contributed by atoms with Crippen molar-refractivity contribution in [2.24, 2.45) is 0 Å². The summed E-state index contributed by atoms with van der Waals surface area (Å²) in [7, 11) is 0. The van der Waals surface area contributed by atoms with Crippen LogP contribution in [0.4, 0.5) is 5.69 Å². The molecule has 2 N–H and O–H groups in total.